The highest BCUT2D eigenvalue weighted by atomic mass is 35.5. The summed E-state index contributed by atoms with van der Waals surface area (Å²) in [5.74, 6) is 2.59. The molecule has 3 aliphatic heterocycles. The van der Waals surface area contributed by atoms with E-state index in [2.05, 4.69) is 82.4 Å². The quantitative estimate of drug-likeness (QED) is 0.455. The van der Waals surface area contributed by atoms with Crippen molar-refractivity contribution < 1.29 is 36.3 Å². The number of methoxy groups -OCH3 is 1. The number of hydrogen-bond acceptors (Lipinski definition) is 4. The average Bonchev–Trinajstić information content (AvgIpc) is 3.43. The molecular weight excluding hydrogens is 546 g/mol. The van der Waals surface area contributed by atoms with Crippen molar-refractivity contribution >= 4 is 5.70 Å². The van der Waals surface area contributed by atoms with Crippen LogP contribution in [-0.4, -0.2) is 33.2 Å². The lowest BCUT2D eigenvalue weighted by Crippen LogP contribution is -3.06. The SMILES string of the molecule is CCCCCCOC1C(OC)=CC=C2C1=C[NH+]1CCc3cc4c(cc3C1=C2Cc1ccc(C(C)(C)C)cc1)OCO4.[Cl-]. The normalized spacial score (nSPS) is 20.5. The molecule has 4 aliphatic rings. The molecule has 6 rings (SSSR count). The van der Waals surface area contributed by atoms with Crippen molar-refractivity contribution in [1.29, 1.82) is 0 Å². The Kier molecular flexibility index (Phi) is 9.22. The molecular formula is C36H44ClNO4. The first-order chi connectivity index (χ1) is 19.9. The fourth-order valence-electron chi connectivity index (χ4n) is 6.47. The standard InChI is InChI=1S/C36H43NO4.ClH/c1-6-7-8-9-18-39-35-30-22-37-17-16-25-20-32-33(41-23-40-32)21-28(25)34(37)29(27(30)14-15-31(35)38-5)19-24-10-12-26(13-11-24)36(2,3)4;/h10-15,20-22,35H,6-9,16-19,23H2,1-5H3;1H. The van der Waals surface area contributed by atoms with Crippen LogP contribution in [0.5, 0.6) is 11.5 Å². The van der Waals surface area contributed by atoms with E-state index in [1.54, 1.807) is 7.11 Å². The van der Waals surface area contributed by atoms with Gasteiger partial charge in [0.1, 0.15) is 23.8 Å². The summed E-state index contributed by atoms with van der Waals surface area (Å²) in [6.45, 7) is 11.1. The molecule has 1 N–H and O–H groups in total. The summed E-state index contributed by atoms with van der Waals surface area (Å²) >= 11 is 0. The average molecular weight is 590 g/mol. The molecule has 1 aliphatic carbocycles. The number of benzene rings is 2. The second kappa shape index (κ2) is 12.7. The minimum atomic E-state index is -0.188. The number of hydrogen-bond donors (Lipinski definition) is 1. The Hall–Kier alpha value is -2.99. The molecule has 3 heterocycles. The molecule has 2 aromatic carbocycles. The van der Waals surface area contributed by atoms with Crippen LogP contribution in [0.4, 0.5) is 0 Å². The van der Waals surface area contributed by atoms with Crippen LogP contribution in [-0.2, 0) is 27.7 Å². The first-order valence-electron chi connectivity index (χ1n) is 15.3. The van der Waals surface area contributed by atoms with Crippen molar-refractivity contribution in [2.45, 2.75) is 77.7 Å². The molecule has 0 amide bonds. The molecule has 0 fully saturated rings. The Bertz CT molecular complexity index is 1430. The molecule has 0 saturated heterocycles. The predicted octanol–water partition coefficient (Wildman–Crippen LogP) is 3.44. The Balaban J connectivity index is 0.00000353. The molecule has 0 radical (unpaired) electrons. The fraction of sp³-hybridized carbons (Fsp3) is 0.444. The van der Waals surface area contributed by atoms with Crippen LogP contribution < -0.4 is 26.8 Å². The van der Waals surface area contributed by atoms with E-state index in [4.69, 9.17) is 18.9 Å². The second-order valence-electron chi connectivity index (χ2n) is 12.6. The molecule has 0 spiro atoms. The summed E-state index contributed by atoms with van der Waals surface area (Å²) in [4.78, 5) is 1.38. The first kappa shape index (κ1) is 30.5. The van der Waals surface area contributed by atoms with Crippen molar-refractivity contribution in [1.82, 2.24) is 0 Å². The van der Waals surface area contributed by atoms with E-state index in [0.29, 0.717) is 0 Å². The third kappa shape index (κ3) is 5.92. The van der Waals surface area contributed by atoms with Gasteiger partial charge >= 0.3 is 0 Å². The van der Waals surface area contributed by atoms with Crippen LogP contribution >= 0.6 is 0 Å². The van der Waals surface area contributed by atoms with Gasteiger partial charge in [-0.05, 0) is 52.3 Å². The van der Waals surface area contributed by atoms with Crippen LogP contribution in [0.1, 0.15) is 75.6 Å². The van der Waals surface area contributed by atoms with E-state index in [0.717, 1.165) is 49.7 Å². The number of rotatable bonds is 9. The van der Waals surface area contributed by atoms with Crippen molar-refractivity contribution in [3.8, 4) is 11.5 Å². The highest BCUT2D eigenvalue weighted by Gasteiger charge is 2.40. The van der Waals surface area contributed by atoms with E-state index in [1.807, 2.05) is 0 Å². The maximum Gasteiger partial charge on any atom is 0.231 e. The zero-order chi connectivity index (χ0) is 28.6. The van der Waals surface area contributed by atoms with Gasteiger partial charge in [-0.2, -0.15) is 0 Å². The van der Waals surface area contributed by atoms with Gasteiger partial charge in [-0.15, -0.1) is 0 Å². The molecule has 2 aromatic rings. The lowest BCUT2D eigenvalue weighted by atomic mass is 9.79. The van der Waals surface area contributed by atoms with Crippen molar-refractivity contribution in [3.63, 3.8) is 0 Å². The van der Waals surface area contributed by atoms with E-state index in [9.17, 15) is 0 Å². The summed E-state index contributed by atoms with van der Waals surface area (Å²) in [6.07, 6.45) is 13.1. The van der Waals surface area contributed by atoms with Gasteiger partial charge in [-0.3, -0.25) is 4.90 Å². The van der Waals surface area contributed by atoms with Crippen molar-refractivity contribution in [3.05, 3.63) is 99.5 Å². The number of allylic oxidation sites excluding steroid dienone is 3. The number of nitrogens with one attached hydrogen (secondary N) is 1. The maximum atomic E-state index is 6.59. The van der Waals surface area contributed by atoms with E-state index >= 15 is 0 Å². The molecule has 0 saturated carbocycles. The summed E-state index contributed by atoms with van der Waals surface area (Å²) in [7, 11) is 1.76. The smallest absolute Gasteiger partial charge is 0.231 e. The highest BCUT2D eigenvalue weighted by Crippen LogP contribution is 2.43. The van der Waals surface area contributed by atoms with Crippen LogP contribution in [0.2, 0.25) is 0 Å². The Labute approximate surface area is 257 Å². The molecule has 42 heavy (non-hydrogen) atoms. The van der Waals surface area contributed by atoms with Gasteiger partial charge in [0, 0.05) is 36.2 Å². The zero-order valence-electron chi connectivity index (χ0n) is 25.6. The molecule has 0 bridgehead atoms. The molecule has 2 atom stereocenters. The topological polar surface area (TPSA) is 41.4 Å². The lowest BCUT2D eigenvalue weighted by molar-refractivity contribution is -0.771. The number of quaternary nitrogens is 1. The van der Waals surface area contributed by atoms with E-state index in [-0.39, 0.29) is 30.7 Å². The second-order valence-corrected chi connectivity index (χ2v) is 12.6. The summed E-state index contributed by atoms with van der Waals surface area (Å²) in [6, 6.07) is 13.6. The monoisotopic (exact) mass is 589 g/mol. The van der Waals surface area contributed by atoms with Crippen LogP contribution in [0.25, 0.3) is 5.70 Å². The summed E-state index contributed by atoms with van der Waals surface area (Å²) < 4.78 is 24.0. The Morgan fingerprint density at radius 1 is 0.976 bits per heavy atom. The van der Waals surface area contributed by atoms with Crippen LogP contribution in [0.3, 0.4) is 0 Å². The molecule has 2 unspecified atom stereocenters. The van der Waals surface area contributed by atoms with Crippen molar-refractivity contribution in [2.75, 3.05) is 27.1 Å². The maximum absolute atomic E-state index is 6.59. The third-order valence-electron chi connectivity index (χ3n) is 8.79. The zero-order valence-corrected chi connectivity index (χ0v) is 26.4. The van der Waals surface area contributed by atoms with Gasteiger partial charge in [-0.25, -0.2) is 0 Å². The Morgan fingerprint density at radius 3 is 2.45 bits per heavy atom. The summed E-state index contributed by atoms with van der Waals surface area (Å²) in [5, 5.41) is 0. The molecule has 6 heteroatoms. The van der Waals surface area contributed by atoms with Gasteiger partial charge in [0.15, 0.2) is 11.5 Å². The molecule has 5 nitrogen and oxygen atoms in total. The lowest BCUT2D eigenvalue weighted by Gasteiger charge is -2.36. The third-order valence-corrected chi connectivity index (χ3v) is 8.79. The van der Waals surface area contributed by atoms with Crippen molar-refractivity contribution in [2.24, 2.45) is 0 Å². The minimum absolute atomic E-state index is 0. The minimum Gasteiger partial charge on any atom is -1.00 e. The predicted molar refractivity (Wildman–Crippen MR) is 163 cm³/mol. The molecule has 0 aromatic heterocycles. The fourth-order valence-corrected chi connectivity index (χ4v) is 6.47. The highest BCUT2D eigenvalue weighted by molar-refractivity contribution is 5.77. The summed E-state index contributed by atoms with van der Waals surface area (Å²) in [5.41, 5.74) is 10.6. The van der Waals surface area contributed by atoms with Gasteiger partial charge in [0.25, 0.3) is 0 Å². The van der Waals surface area contributed by atoms with E-state index < -0.39 is 0 Å². The first-order valence-corrected chi connectivity index (χ1v) is 15.3. The number of unbranched alkanes of at least 4 members (excludes halogenated alkanes) is 3. The van der Waals surface area contributed by atoms with Gasteiger partial charge < -0.3 is 31.4 Å². The molecule has 224 valence electrons. The number of fused-ring (bicyclic) bond motifs is 5. The van der Waals surface area contributed by atoms with Crippen LogP contribution in [0, 0.1) is 0 Å². The number of ether oxygens (including phenoxy) is 4. The van der Waals surface area contributed by atoms with Gasteiger partial charge in [-0.1, -0.05) is 77.3 Å². The largest absolute Gasteiger partial charge is 1.00 e. The van der Waals surface area contributed by atoms with E-state index in [1.165, 1.54) is 68.8 Å². The number of halogens is 1. The Morgan fingerprint density at radius 2 is 1.74 bits per heavy atom. The van der Waals surface area contributed by atoms with Gasteiger partial charge in [0.2, 0.25) is 6.79 Å². The van der Waals surface area contributed by atoms with Gasteiger partial charge in [0.05, 0.1) is 13.7 Å². The van der Waals surface area contributed by atoms with Crippen LogP contribution in [0.15, 0.2) is 77.2 Å².